The molecule has 0 saturated heterocycles. The summed E-state index contributed by atoms with van der Waals surface area (Å²) in [5.74, 6) is -1.26. The number of rotatable bonds is 4. The van der Waals surface area contributed by atoms with E-state index < -0.39 is 52.0 Å². The summed E-state index contributed by atoms with van der Waals surface area (Å²) in [5.41, 5.74) is -4.02. The highest BCUT2D eigenvalue weighted by molar-refractivity contribution is 6.46. The second-order valence-corrected chi connectivity index (χ2v) is 5.97. The van der Waals surface area contributed by atoms with Crippen LogP contribution in [0, 0.1) is 0 Å². The maximum absolute atomic E-state index is 12.7. The Balaban J connectivity index is 2.26. The van der Waals surface area contributed by atoms with Gasteiger partial charge in [-0.3, -0.25) is 15.1 Å². The van der Waals surface area contributed by atoms with Crippen molar-refractivity contribution in [2.24, 2.45) is 5.16 Å². The summed E-state index contributed by atoms with van der Waals surface area (Å²) in [6, 6.07) is 3.98. The van der Waals surface area contributed by atoms with Gasteiger partial charge in [0.05, 0.1) is 23.3 Å². The summed E-state index contributed by atoms with van der Waals surface area (Å²) in [4.78, 5) is 31.5. The van der Waals surface area contributed by atoms with E-state index in [0.29, 0.717) is 18.3 Å². The third kappa shape index (κ3) is 6.31. The molecule has 1 aromatic heterocycles. The molecule has 0 aliphatic carbocycles. The van der Waals surface area contributed by atoms with Gasteiger partial charge in [-0.2, -0.15) is 26.3 Å². The highest BCUT2D eigenvalue weighted by Gasteiger charge is 2.33. The van der Waals surface area contributed by atoms with Crippen molar-refractivity contribution in [1.29, 1.82) is 0 Å². The minimum absolute atomic E-state index is 0.305. The highest BCUT2D eigenvalue weighted by atomic mass is 35.5. The van der Waals surface area contributed by atoms with Crippen LogP contribution in [-0.4, -0.2) is 29.9 Å². The van der Waals surface area contributed by atoms with Crippen molar-refractivity contribution < 1.29 is 45.5 Å². The predicted molar refractivity (Wildman–Crippen MR) is 94.3 cm³/mol. The zero-order valence-electron chi connectivity index (χ0n) is 15.1. The quantitative estimate of drug-likeness (QED) is 0.226. The molecule has 0 spiro atoms. The van der Waals surface area contributed by atoms with Crippen molar-refractivity contribution in [3.8, 4) is 0 Å². The van der Waals surface area contributed by atoms with E-state index in [0.717, 1.165) is 25.3 Å². The molecule has 0 bridgehead atoms. The van der Waals surface area contributed by atoms with Gasteiger partial charge in [0, 0.05) is 11.9 Å². The SMILES string of the molecule is COC(=O)/C(=N\OC(=O)Nc1cccc(C(F)(F)F)c1)c1ncc(C(F)(F)F)cc1Cl. The van der Waals surface area contributed by atoms with E-state index in [4.69, 9.17) is 11.6 Å². The molecule has 0 atom stereocenters. The van der Waals surface area contributed by atoms with E-state index in [1.807, 2.05) is 5.32 Å². The number of anilines is 1. The number of halogens is 7. The lowest BCUT2D eigenvalue weighted by Crippen LogP contribution is -2.22. The Bertz CT molecular complexity index is 1020. The summed E-state index contributed by atoms with van der Waals surface area (Å²) in [6.45, 7) is 0. The van der Waals surface area contributed by atoms with Crippen molar-refractivity contribution in [2.45, 2.75) is 12.4 Å². The van der Waals surface area contributed by atoms with E-state index in [1.54, 1.807) is 0 Å². The van der Waals surface area contributed by atoms with Crippen LogP contribution in [0.15, 0.2) is 41.7 Å². The van der Waals surface area contributed by atoms with Gasteiger partial charge in [0.15, 0.2) is 0 Å². The Morgan fingerprint density at radius 3 is 2.26 bits per heavy atom. The summed E-state index contributed by atoms with van der Waals surface area (Å²) in [7, 11) is 0.901. The van der Waals surface area contributed by atoms with Crippen molar-refractivity contribution in [3.63, 3.8) is 0 Å². The summed E-state index contributed by atoms with van der Waals surface area (Å²) >= 11 is 5.72. The van der Waals surface area contributed by atoms with Crippen LogP contribution < -0.4 is 5.32 Å². The normalized spacial score (nSPS) is 12.3. The van der Waals surface area contributed by atoms with E-state index in [-0.39, 0.29) is 5.69 Å². The minimum atomic E-state index is -4.76. The molecule has 0 unspecified atom stereocenters. The Morgan fingerprint density at radius 1 is 1.06 bits per heavy atom. The van der Waals surface area contributed by atoms with E-state index >= 15 is 0 Å². The number of alkyl halides is 6. The molecule has 2 aromatic rings. The Hall–Kier alpha value is -3.35. The number of hydrogen-bond donors (Lipinski definition) is 1. The van der Waals surface area contributed by atoms with Gasteiger partial charge in [0.1, 0.15) is 5.69 Å². The highest BCUT2D eigenvalue weighted by Crippen LogP contribution is 2.32. The molecule has 2 rings (SSSR count). The first-order chi connectivity index (χ1) is 14.3. The number of aromatic nitrogens is 1. The molecule has 0 saturated carbocycles. The van der Waals surface area contributed by atoms with Gasteiger partial charge >= 0.3 is 24.4 Å². The first kappa shape index (κ1) is 23.9. The number of nitrogens with zero attached hydrogens (tertiary/aromatic N) is 2. The fraction of sp³-hybridized carbons (Fsp3) is 0.176. The average Bonchev–Trinajstić information content (AvgIpc) is 2.67. The number of carbonyl (C=O) groups excluding carboxylic acids is 2. The van der Waals surface area contributed by atoms with Crippen molar-refractivity contribution in [1.82, 2.24) is 4.98 Å². The Morgan fingerprint density at radius 2 is 1.71 bits per heavy atom. The van der Waals surface area contributed by atoms with Gasteiger partial charge in [-0.25, -0.2) is 9.59 Å². The fourth-order valence-corrected chi connectivity index (χ4v) is 2.30. The maximum atomic E-state index is 12.7. The van der Waals surface area contributed by atoms with Crippen LogP contribution in [0.2, 0.25) is 5.02 Å². The van der Waals surface area contributed by atoms with Crippen LogP contribution >= 0.6 is 11.6 Å². The molecule has 1 amide bonds. The van der Waals surface area contributed by atoms with E-state index in [1.165, 1.54) is 0 Å². The lowest BCUT2D eigenvalue weighted by molar-refractivity contribution is -0.138. The molecular weight excluding hydrogens is 460 g/mol. The molecule has 0 aliphatic rings. The van der Waals surface area contributed by atoms with Crippen LogP contribution in [-0.2, 0) is 26.7 Å². The average molecular weight is 470 g/mol. The number of benzene rings is 1. The number of pyridine rings is 1. The number of nitrogens with one attached hydrogen (secondary N) is 1. The predicted octanol–water partition coefficient (Wildman–Crippen LogP) is 4.90. The Labute approximate surface area is 174 Å². The lowest BCUT2D eigenvalue weighted by atomic mass is 10.2. The first-order valence-electron chi connectivity index (χ1n) is 7.87. The number of ether oxygens (including phenoxy) is 1. The van der Waals surface area contributed by atoms with Gasteiger partial charge in [0.25, 0.3) is 0 Å². The third-order valence-electron chi connectivity index (χ3n) is 3.43. The van der Waals surface area contributed by atoms with Crippen LogP contribution in [0.25, 0.3) is 0 Å². The molecule has 166 valence electrons. The number of hydrogen-bond acceptors (Lipinski definition) is 6. The molecular formula is C17H10ClF6N3O4. The van der Waals surface area contributed by atoms with Crippen LogP contribution in [0.4, 0.5) is 36.8 Å². The number of methoxy groups -OCH3 is 1. The van der Waals surface area contributed by atoms with Crippen molar-refractivity contribution in [2.75, 3.05) is 12.4 Å². The van der Waals surface area contributed by atoms with E-state index in [2.05, 4.69) is 19.7 Å². The molecule has 1 heterocycles. The zero-order valence-corrected chi connectivity index (χ0v) is 15.9. The van der Waals surface area contributed by atoms with Crippen LogP contribution in [0.5, 0.6) is 0 Å². The maximum Gasteiger partial charge on any atom is 0.437 e. The van der Waals surface area contributed by atoms with Gasteiger partial charge in [-0.05, 0) is 24.3 Å². The number of amides is 1. The fourth-order valence-electron chi connectivity index (χ4n) is 2.04. The summed E-state index contributed by atoms with van der Waals surface area (Å²) < 4.78 is 80.7. The molecule has 31 heavy (non-hydrogen) atoms. The van der Waals surface area contributed by atoms with Crippen LogP contribution in [0.1, 0.15) is 16.8 Å². The summed E-state index contributed by atoms with van der Waals surface area (Å²) in [5, 5.41) is 4.45. The van der Waals surface area contributed by atoms with Gasteiger partial charge < -0.3 is 4.74 Å². The topological polar surface area (TPSA) is 89.9 Å². The second kappa shape index (κ2) is 9.20. The number of esters is 1. The molecule has 7 nitrogen and oxygen atoms in total. The number of carbonyl (C=O) groups is 2. The number of oxime groups is 1. The monoisotopic (exact) mass is 469 g/mol. The third-order valence-corrected chi connectivity index (χ3v) is 3.72. The second-order valence-electron chi connectivity index (χ2n) is 5.57. The molecule has 14 heteroatoms. The van der Waals surface area contributed by atoms with Crippen LogP contribution in [0.3, 0.4) is 0 Å². The van der Waals surface area contributed by atoms with Gasteiger partial charge in [-0.1, -0.05) is 22.8 Å². The summed E-state index contributed by atoms with van der Waals surface area (Å²) in [6.07, 6.45) is -10.5. The lowest BCUT2D eigenvalue weighted by Gasteiger charge is -2.10. The standard InChI is InChI=1S/C17H10ClF6N3O4/c1-30-14(28)13(12-11(18)6-9(7-25-12)17(22,23)24)27-31-15(29)26-10-4-2-3-8(5-10)16(19,20)21/h2-7H,1H3,(H,26,29)/b27-13-. The van der Waals surface area contributed by atoms with Crippen molar-refractivity contribution in [3.05, 3.63) is 58.4 Å². The van der Waals surface area contributed by atoms with Crippen molar-refractivity contribution >= 4 is 35.1 Å². The smallest absolute Gasteiger partial charge is 0.437 e. The molecule has 0 aliphatic heterocycles. The largest absolute Gasteiger partial charge is 0.464 e. The zero-order chi connectivity index (χ0) is 23.4. The molecule has 1 aromatic carbocycles. The van der Waals surface area contributed by atoms with Gasteiger partial charge in [0.2, 0.25) is 5.71 Å². The van der Waals surface area contributed by atoms with E-state index in [9.17, 15) is 35.9 Å². The molecule has 1 N–H and O–H groups in total. The molecule has 0 radical (unpaired) electrons. The minimum Gasteiger partial charge on any atom is -0.464 e. The van der Waals surface area contributed by atoms with Gasteiger partial charge in [-0.15, -0.1) is 0 Å². The first-order valence-corrected chi connectivity index (χ1v) is 8.25. The molecule has 0 fully saturated rings. The Kier molecular flexibility index (Phi) is 7.10.